The van der Waals surface area contributed by atoms with Crippen LogP contribution in [0.15, 0.2) is 0 Å². The Hall–Kier alpha value is 0.220. The fraction of sp³-hybridized carbons (Fsp3) is 1.00. The topological polar surface area (TPSA) is 3.24 Å². The highest BCUT2D eigenvalue weighted by atomic mass is 15.2. The van der Waals surface area contributed by atoms with Crippen molar-refractivity contribution in [3.8, 4) is 0 Å². The molecule has 1 saturated heterocycles. The van der Waals surface area contributed by atoms with Gasteiger partial charge >= 0.3 is 0 Å². The first-order chi connectivity index (χ1) is 21.0. The van der Waals surface area contributed by atoms with E-state index >= 15 is 0 Å². The second kappa shape index (κ2) is 19.8. The molecule has 1 aliphatic heterocycles. The van der Waals surface area contributed by atoms with Crippen molar-refractivity contribution in [2.24, 2.45) is 0 Å². The number of hydrogen-bond acceptors (Lipinski definition) is 1. The average molecular weight is 584 g/mol. The monoisotopic (exact) mass is 585 g/mol. The second-order valence-corrected chi connectivity index (χ2v) is 16.2. The normalized spacial score (nSPS) is 35.2. The molecule has 4 aliphatic rings. The van der Waals surface area contributed by atoms with Crippen molar-refractivity contribution >= 4 is 29.7 Å². The van der Waals surface area contributed by atoms with Gasteiger partial charge in [0.05, 0.1) is 7.85 Å². The zero-order valence-electron chi connectivity index (χ0n) is 29.4. The SMILES string of the molecule is [B]C1(CC)CC([B]C2CCCCC([B]C3CCCCCCCCC3)CC2)CCCC([B]C2CCCN(C(CC)CC)C2)C1. The van der Waals surface area contributed by atoms with Crippen molar-refractivity contribution in [2.45, 2.75) is 228 Å². The van der Waals surface area contributed by atoms with E-state index in [0.29, 0.717) is 0 Å². The highest BCUT2D eigenvalue weighted by Crippen LogP contribution is 2.50. The Morgan fingerprint density at radius 2 is 0.953 bits per heavy atom. The van der Waals surface area contributed by atoms with Gasteiger partial charge in [-0.3, -0.25) is 0 Å². The first-order valence-electron chi connectivity index (χ1n) is 20.1. The molecule has 4 rings (SSSR count). The molecule has 0 amide bonds. The smallest absolute Gasteiger partial charge is 0.119 e. The molecule has 1 heterocycles. The molecule has 3 aliphatic carbocycles. The maximum Gasteiger partial charge on any atom is 0.119 e. The molecular weight excluding hydrogens is 514 g/mol. The summed E-state index contributed by atoms with van der Waals surface area (Å²) in [5, 5.41) is 0.0141. The first kappa shape index (κ1) is 36.1. The van der Waals surface area contributed by atoms with Crippen molar-refractivity contribution in [1.29, 1.82) is 0 Å². The van der Waals surface area contributed by atoms with Crippen LogP contribution in [0.25, 0.3) is 0 Å². The lowest BCUT2D eigenvalue weighted by atomic mass is 9.40. The van der Waals surface area contributed by atoms with Crippen molar-refractivity contribution < 1.29 is 0 Å². The first-order valence-corrected chi connectivity index (χ1v) is 20.1. The van der Waals surface area contributed by atoms with Crippen molar-refractivity contribution in [3.05, 3.63) is 0 Å². The van der Waals surface area contributed by atoms with Gasteiger partial charge in [0, 0.05) is 6.04 Å². The molecule has 0 N–H and O–H groups in total. The standard InChI is InChI=1S/C38H70B4N/c1-4-37(5-2)43-27-17-24-36(30-43)42-35-23-16-22-34(28-38(39,6-3)29-35)41-33-21-15-14-20-32(25-26-33)40-31-18-12-10-8-7-9-11-13-19-31/h31-37H,4-30H2,1-3H3. The van der Waals surface area contributed by atoms with Crippen LogP contribution in [-0.4, -0.2) is 53.7 Å². The summed E-state index contributed by atoms with van der Waals surface area (Å²) in [5.74, 6) is 4.83. The van der Waals surface area contributed by atoms with E-state index in [1.807, 2.05) is 0 Å². The Morgan fingerprint density at radius 3 is 1.49 bits per heavy atom. The van der Waals surface area contributed by atoms with Crippen LogP contribution >= 0.6 is 0 Å². The van der Waals surface area contributed by atoms with E-state index < -0.39 is 0 Å². The highest BCUT2D eigenvalue weighted by molar-refractivity contribution is 6.41. The summed E-state index contributed by atoms with van der Waals surface area (Å²) in [6.45, 7) is 9.74. The highest BCUT2D eigenvalue weighted by Gasteiger charge is 2.35. The lowest BCUT2D eigenvalue weighted by molar-refractivity contribution is 0.154. The number of hydrogen-bond donors (Lipinski definition) is 0. The quantitative estimate of drug-likeness (QED) is 0.231. The van der Waals surface area contributed by atoms with Gasteiger partial charge in [0.2, 0.25) is 0 Å². The van der Waals surface area contributed by atoms with Crippen LogP contribution in [0.2, 0.25) is 40.2 Å². The van der Waals surface area contributed by atoms with Gasteiger partial charge in [0.25, 0.3) is 0 Å². The van der Waals surface area contributed by atoms with Crippen LogP contribution in [0.4, 0.5) is 0 Å². The molecule has 6 atom stereocenters. The Kier molecular flexibility index (Phi) is 16.6. The van der Waals surface area contributed by atoms with E-state index in [0.717, 1.165) is 47.4 Å². The third-order valence-corrected chi connectivity index (χ3v) is 12.7. The average Bonchev–Trinajstić information content (AvgIpc) is 2.99. The van der Waals surface area contributed by atoms with E-state index in [-0.39, 0.29) is 5.31 Å². The van der Waals surface area contributed by atoms with Crippen LogP contribution in [-0.2, 0) is 0 Å². The summed E-state index contributed by atoms with van der Waals surface area (Å²) in [5.41, 5.74) is 0. The van der Waals surface area contributed by atoms with Crippen molar-refractivity contribution in [3.63, 3.8) is 0 Å². The van der Waals surface area contributed by atoms with Gasteiger partial charge < -0.3 is 4.90 Å². The third-order valence-electron chi connectivity index (χ3n) is 12.7. The summed E-state index contributed by atoms with van der Waals surface area (Å²) in [6.07, 6.45) is 35.0. The minimum Gasteiger partial charge on any atom is -0.301 e. The van der Waals surface area contributed by atoms with E-state index in [9.17, 15) is 0 Å². The fourth-order valence-electron chi connectivity index (χ4n) is 10.0. The number of likely N-dealkylation sites (tertiary alicyclic amines) is 1. The van der Waals surface area contributed by atoms with Crippen LogP contribution in [0.1, 0.15) is 181 Å². The molecule has 3 saturated carbocycles. The van der Waals surface area contributed by atoms with E-state index in [1.54, 1.807) is 0 Å². The van der Waals surface area contributed by atoms with Gasteiger partial charge in [-0.15, -0.1) is 0 Å². The lowest BCUT2D eigenvalue weighted by Crippen LogP contribution is -2.42. The van der Waals surface area contributed by atoms with E-state index in [2.05, 4.69) is 47.5 Å². The van der Waals surface area contributed by atoms with Crippen LogP contribution in [0.3, 0.4) is 0 Å². The molecule has 239 valence electrons. The molecule has 0 aromatic heterocycles. The maximum atomic E-state index is 7.31. The van der Waals surface area contributed by atoms with Gasteiger partial charge in [0.15, 0.2) is 0 Å². The predicted octanol–water partition coefficient (Wildman–Crippen LogP) is 11.7. The number of piperidine rings is 1. The Bertz CT molecular complexity index is 721. The van der Waals surface area contributed by atoms with Crippen molar-refractivity contribution in [2.75, 3.05) is 13.1 Å². The third kappa shape index (κ3) is 12.7. The summed E-state index contributed by atoms with van der Waals surface area (Å²) in [4.78, 5) is 2.81. The van der Waals surface area contributed by atoms with E-state index in [1.165, 1.54) is 167 Å². The second-order valence-electron chi connectivity index (χ2n) is 16.2. The summed E-state index contributed by atoms with van der Waals surface area (Å²) in [6, 6.07) is 0.783. The zero-order chi connectivity index (χ0) is 30.3. The summed E-state index contributed by atoms with van der Waals surface area (Å²) < 4.78 is 0. The summed E-state index contributed by atoms with van der Waals surface area (Å²) in [7, 11) is 15.9. The van der Waals surface area contributed by atoms with Gasteiger partial charge in [0.1, 0.15) is 21.8 Å². The van der Waals surface area contributed by atoms with Crippen LogP contribution < -0.4 is 0 Å². The predicted molar refractivity (Wildman–Crippen MR) is 196 cm³/mol. The van der Waals surface area contributed by atoms with Crippen LogP contribution in [0, 0.1) is 0 Å². The van der Waals surface area contributed by atoms with Gasteiger partial charge in [-0.2, -0.15) is 0 Å². The van der Waals surface area contributed by atoms with E-state index in [4.69, 9.17) is 7.85 Å². The largest absolute Gasteiger partial charge is 0.301 e. The van der Waals surface area contributed by atoms with Crippen LogP contribution in [0.5, 0.6) is 0 Å². The van der Waals surface area contributed by atoms with Gasteiger partial charge in [-0.05, 0) is 32.4 Å². The lowest BCUT2D eigenvalue weighted by Gasteiger charge is -2.42. The Morgan fingerprint density at radius 1 is 0.535 bits per heavy atom. The molecule has 0 spiro atoms. The number of nitrogens with zero attached hydrogens (tertiary/aromatic N) is 1. The molecule has 0 bridgehead atoms. The molecule has 1 nitrogen and oxygen atoms in total. The molecule has 4 fully saturated rings. The molecule has 5 heteroatoms. The molecule has 0 aromatic rings. The molecule has 43 heavy (non-hydrogen) atoms. The van der Waals surface area contributed by atoms with Gasteiger partial charge in [-0.25, -0.2) is 0 Å². The van der Waals surface area contributed by atoms with Crippen molar-refractivity contribution in [1.82, 2.24) is 4.90 Å². The molecular formula is C38H70B4N. The van der Waals surface area contributed by atoms with Gasteiger partial charge in [-0.1, -0.05) is 202 Å². The molecule has 0 aromatic carbocycles. The molecule has 6 unspecified atom stereocenters. The maximum absolute atomic E-state index is 7.31. The Labute approximate surface area is 274 Å². The fourth-order valence-corrected chi connectivity index (χ4v) is 10.0. The minimum absolute atomic E-state index is 0.0141. The summed E-state index contributed by atoms with van der Waals surface area (Å²) >= 11 is 0. The minimum atomic E-state index is 0.0141. The molecule has 5 radical (unpaired) electrons. The zero-order valence-corrected chi connectivity index (χ0v) is 29.4. The Balaban J connectivity index is 1.25. The number of rotatable bonds is 10.